The number of allylic oxidation sites excluding steroid dienone is 1. The van der Waals surface area contributed by atoms with Gasteiger partial charge in [-0.15, -0.1) is 0 Å². The number of para-hydroxylation sites is 1. The van der Waals surface area contributed by atoms with E-state index in [1.807, 2.05) is 19.1 Å². The molecule has 0 fully saturated rings. The van der Waals surface area contributed by atoms with Gasteiger partial charge in [0.2, 0.25) is 0 Å². The van der Waals surface area contributed by atoms with Crippen LogP contribution in [0.5, 0.6) is 0 Å². The van der Waals surface area contributed by atoms with Gasteiger partial charge in [0, 0.05) is 29.0 Å². The SMILES string of the molecule is CCCN1c2cc(F)c(/C=C(\C#N)C(=O)Nc3ccccc3)cc2C(C)=CC1(C)C. The van der Waals surface area contributed by atoms with Crippen molar-refractivity contribution in [2.45, 2.75) is 39.7 Å². The predicted molar refractivity (Wildman–Crippen MR) is 120 cm³/mol. The minimum absolute atomic E-state index is 0.152. The van der Waals surface area contributed by atoms with Gasteiger partial charge >= 0.3 is 0 Å². The monoisotopic (exact) mass is 403 g/mol. The van der Waals surface area contributed by atoms with E-state index in [1.165, 1.54) is 12.1 Å². The van der Waals surface area contributed by atoms with E-state index in [9.17, 15) is 10.1 Å². The number of nitriles is 1. The Kier molecular flexibility index (Phi) is 6.07. The van der Waals surface area contributed by atoms with Gasteiger partial charge in [-0.05, 0) is 63.1 Å². The molecule has 154 valence electrons. The number of nitrogens with zero attached hydrogens (tertiary/aromatic N) is 2. The van der Waals surface area contributed by atoms with Crippen LogP contribution >= 0.6 is 0 Å². The fourth-order valence-corrected chi connectivity index (χ4v) is 3.88. The molecule has 0 bridgehead atoms. The maximum absolute atomic E-state index is 15.0. The van der Waals surface area contributed by atoms with E-state index >= 15 is 4.39 Å². The Bertz CT molecular complexity index is 1060. The minimum atomic E-state index is -0.568. The first-order valence-electron chi connectivity index (χ1n) is 10.1. The molecule has 0 aromatic heterocycles. The lowest BCUT2D eigenvalue weighted by atomic mass is 9.87. The highest BCUT2D eigenvalue weighted by atomic mass is 19.1. The molecular formula is C25H26FN3O. The molecule has 1 aliphatic heterocycles. The summed E-state index contributed by atoms with van der Waals surface area (Å²) in [7, 11) is 0. The molecule has 2 aromatic carbocycles. The molecule has 1 heterocycles. The first kappa shape index (κ1) is 21.3. The van der Waals surface area contributed by atoms with Crippen molar-refractivity contribution >= 4 is 28.9 Å². The van der Waals surface area contributed by atoms with Crippen LogP contribution in [0.3, 0.4) is 0 Å². The lowest BCUT2D eigenvalue weighted by molar-refractivity contribution is -0.112. The van der Waals surface area contributed by atoms with Gasteiger partial charge in [-0.3, -0.25) is 4.79 Å². The maximum Gasteiger partial charge on any atom is 0.266 e. The average molecular weight is 404 g/mol. The van der Waals surface area contributed by atoms with E-state index < -0.39 is 11.7 Å². The van der Waals surface area contributed by atoms with E-state index in [4.69, 9.17) is 0 Å². The maximum atomic E-state index is 15.0. The lowest BCUT2D eigenvalue weighted by Gasteiger charge is -2.43. The molecule has 0 unspecified atom stereocenters. The number of anilines is 2. The van der Waals surface area contributed by atoms with Crippen molar-refractivity contribution in [3.63, 3.8) is 0 Å². The lowest BCUT2D eigenvalue weighted by Crippen LogP contribution is -2.45. The number of nitrogens with one attached hydrogen (secondary N) is 1. The number of carbonyl (C=O) groups is 1. The Labute approximate surface area is 177 Å². The number of halogens is 1. The number of hydrogen-bond acceptors (Lipinski definition) is 3. The smallest absolute Gasteiger partial charge is 0.266 e. The fraction of sp³-hybridized carbons (Fsp3) is 0.280. The number of benzene rings is 2. The summed E-state index contributed by atoms with van der Waals surface area (Å²) >= 11 is 0. The largest absolute Gasteiger partial charge is 0.362 e. The van der Waals surface area contributed by atoms with Crippen LogP contribution in [0.4, 0.5) is 15.8 Å². The normalized spacial score (nSPS) is 15.1. The molecule has 0 atom stereocenters. The molecule has 2 aromatic rings. The van der Waals surface area contributed by atoms with Crippen LogP contribution < -0.4 is 10.2 Å². The summed E-state index contributed by atoms with van der Waals surface area (Å²) in [5.41, 5.74) is 3.22. The van der Waals surface area contributed by atoms with Gasteiger partial charge in [0.05, 0.1) is 5.54 Å². The molecule has 4 nitrogen and oxygen atoms in total. The second kappa shape index (κ2) is 8.54. The van der Waals surface area contributed by atoms with Gasteiger partial charge in [0.1, 0.15) is 17.5 Å². The van der Waals surface area contributed by atoms with Gasteiger partial charge in [-0.1, -0.05) is 31.2 Å². The van der Waals surface area contributed by atoms with Crippen molar-refractivity contribution < 1.29 is 9.18 Å². The molecule has 0 saturated carbocycles. The molecule has 0 aliphatic carbocycles. The summed E-state index contributed by atoms with van der Waals surface area (Å²) in [5.74, 6) is -1.03. The molecular weight excluding hydrogens is 377 g/mol. The molecule has 5 heteroatoms. The Morgan fingerprint density at radius 1 is 1.27 bits per heavy atom. The third-order valence-electron chi connectivity index (χ3n) is 5.24. The van der Waals surface area contributed by atoms with Gasteiger partial charge in [-0.2, -0.15) is 5.26 Å². The van der Waals surface area contributed by atoms with Crippen molar-refractivity contribution in [2.75, 3.05) is 16.8 Å². The molecule has 3 rings (SSSR count). The number of rotatable bonds is 5. The van der Waals surface area contributed by atoms with E-state index in [2.05, 4.69) is 37.1 Å². The Morgan fingerprint density at radius 2 is 1.97 bits per heavy atom. The highest BCUT2D eigenvalue weighted by molar-refractivity contribution is 6.09. The summed E-state index contributed by atoms with van der Waals surface area (Å²) in [6.45, 7) is 9.13. The molecule has 30 heavy (non-hydrogen) atoms. The van der Waals surface area contributed by atoms with E-state index in [0.717, 1.165) is 29.8 Å². The standard InChI is InChI=1S/C25H26FN3O/c1-5-11-29-23-14-22(26)18(13-21(23)17(2)15-25(29,3)4)12-19(16-27)24(30)28-20-9-7-6-8-10-20/h6-10,12-15H,5,11H2,1-4H3,(H,28,30)/b19-12+. The Hall–Kier alpha value is -3.39. The van der Waals surface area contributed by atoms with E-state index in [-0.39, 0.29) is 16.7 Å². The van der Waals surface area contributed by atoms with Crippen LogP contribution in [-0.4, -0.2) is 18.0 Å². The zero-order valence-corrected chi connectivity index (χ0v) is 17.8. The number of hydrogen-bond donors (Lipinski definition) is 1. The summed E-state index contributed by atoms with van der Waals surface area (Å²) < 4.78 is 15.0. The van der Waals surface area contributed by atoms with Crippen molar-refractivity contribution in [1.29, 1.82) is 5.26 Å². The predicted octanol–water partition coefficient (Wildman–Crippen LogP) is 5.78. The molecule has 0 radical (unpaired) electrons. The summed E-state index contributed by atoms with van der Waals surface area (Å²) in [5, 5.41) is 12.1. The molecule has 0 spiro atoms. The zero-order chi connectivity index (χ0) is 21.9. The van der Waals surface area contributed by atoms with Crippen LogP contribution in [0, 0.1) is 17.1 Å². The van der Waals surface area contributed by atoms with Crippen molar-refractivity contribution in [2.24, 2.45) is 0 Å². The molecule has 1 amide bonds. The van der Waals surface area contributed by atoms with Gasteiger partial charge in [-0.25, -0.2) is 4.39 Å². The Morgan fingerprint density at radius 3 is 2.60 bits per heavy atom. The van der Waals surface area contributed by atoms with Crippen LogP contribution in [0.25, 0.3) is 11.6 Å². The van der Waals surface area contributed by atoms with Crippen LogP contribution in [-0.2, 0) is 4.79 Å². The third kappa shape index (κ3) is 4.28. The van der Waals surface area contributed by atoms with Crippen molar-refractivity contribution in [3.05, 3.63) is 71.1 Å². The van der Waals surface area contributed by atoms with Crippen LogP contribution in [0.1, 0.15) is 45.2 Å². The Balaban J connectivity index is 2.00. The van der Waals surface area contributed by atoms with E-state index in [0.29, 0.717) is 5.69 Å². The van der Waals surface area contributed by atoms with Crippen LogP contribution in [0.2, 0.25) is 0 Å². The number of amides is 1. The molecule has 0 saturated heterocycles. The summed E-state index contributed by atoms with van der Waals surface area (Å²) in [6, 6.07) is 14.0. The second-order valence-electron chi connectivity index (χ2n) is 8.01. The first-order chi connectivity index (χ1) is 14.3. The number of fused-ring (bicyclic) bond motifs is 1. The van der Waals surface area contributed by atoms with E-state index in [1.54, 1.807) is 30.3 Å². The molecule has 1 N–H and O–H groups in total. The van der Waals surface area contributed by atoms with Crippen molar-refractivity contribution in [1.82, 2.24) is 0 Å². The highest BCUT2D eigenvalue weighted by Crippen LogP contribution is 2.40. The summed E-state index contributed by atoms with van der Waals surface area (Å²) in [6.07, 6.45) is 4.42. The quantitative estimate of drug-likeness (QED) is 0.508. The van der Waals surface area contributed by atoms with Crippen LogP contribution in [0.15, 0.2) is 54.1 Å². The van der Waals surface area contributed by atoms with Gasteiger partial charge in [0.25, 0.3) is 5.91 Å². The minimum Gasteiger partial charge on any atom is -0.362 e. The average Bonchev–Trinajstić information content (AvgIpc) is 2.70. The highest BCUT2D eigenvalue weighted by Gasteiger charge is 2.31. The summed E-state index contributed by atoms with van der Waals surface area (Å²) in [4.78, 5) is 14.7. The topological polar surface area (TPSA) is 56.1 Å². The second-order valence-corrected chi connectivity index (χ2v) is 8.01. The van der Waals surface area contributed by atoms with Crippen molar-refractivity contribution in [3.8, 4) is 6.07 Å². The third-order valence-corrected chi connectivity index (χ3v) is 5.24. The number of carbonyl (C=O) groups excluding carboxylic acids is 1. The first-order valence-corrected chi connectivity index (χ1v) is 10.1. The zero-order valence-electron chi connectivity index (χ0n) is 17.8. The van der Waals surface area contributed by atoms with Gasteiger partial charge < -0.3 is 10.2 Å². The fourth-order valence-electron chi connectivity index (χ4n) is 3.88. The van der Waals surface area contributed by atoms with Gasteiger partial charge in [0.15, 0.2) is 0 Å². The molecule has 1 aliphatic rings.